The molecule has 4 nitrogen and oxygen atoms in total. The first-order valence-corrected chi connectivity index (χ1v) is 7.19. The Morgan fingerprint density at radius 3 is 2.80 bits per heavy atom. The molecule has 0 bridgehead atoms. The summed E-state index contributed by atoms with van der Waals surface area (Å²) < 4.78 is 11.2. The molecule has 1 aromatic carbocycles. The number of carbonyl (C=O) groups excluding carboxylic acids is 1. The maximum atomic E-state index is 11.7. The Balaban J connectivity index is 1.74. The predicted molar refractivity (Wildman–Crippen MR) is 80.2 cm³/mol. The highest BCUT2D eigenvalue weighted by Crippen LogP contribution is 2.21. The largest absolute Gasteiger partial charge is 0.497 e. The average molecular weight is 312 g/mol. The van der Waals surface area contributed by atoms with Crippen LogP contribution in [0.1, 0.15) is 9.67 Å². The molecule has 20 heavy (non-hydrogen) atoms. The number of methoxy groups -OCH3 is 1. The van der Waals surface area contributed by atoms with Gasteiger partial charge in [0, 0.05) is 6.07 Å². The second-order valence-electron chi connectivity index (χ2n) is 3.89. The van der Waals surface area contributed by atoms with Crippen molar-refractivity contribution in [3.8, 4) is 11.5 Å². The highest BCUT2D eigenvalue weighted by Gasteiger charge is 2.07. The Morgan fingerprint density at radius 1 is 1.30 bits per heavy atom. The predicted octanol–water partition coefficient (Wildman–Crippen LogP) is 3.22. The number of halogens is 1. The lowest BCUT2D eigenvalue weighted by Gasteiger charge is -2.08. The molecule has 1 amide bonds. The van der Waals surface area contributed by atoms with Crippen molar-refractivity contribution in [1.82, 2.24) is 5.32 Å². The van der Waals surface area contributed by atoms with E-state index >= 15 is 0 Å². The second kappa shape index (κ2) is 7.17. The Bertz CT molecular complexity index is 585. The molecule has 0 fully saturated rings. The minimum atomic E-state index is -0.142. The summed E-state index contributed by atoms with van der Waals surface area (Å²) in [7, 11) is 1.60. The lowest BCUT2D eigenvalue weighted by atomic mass is 10.3. The molecule has 1 heterocycles. The molecule has 106 valence electrons. The van der Waals surface area contributed by atoms with E-state index in [2.05, 4.69) is 5.32 Å². The van der Waals surface area contributed by atoms with Crippen LogP contribution < -0.4 is 14.8 Å². The van der Waals surface area contributed by atoms with Gasteiger partial charge in [0.15, 0.2) is 0 Å². The Hall–Kier alpha value is -1.72. The van der Waals surface area contributed by atoms with Crippen LogP contribution in [0.25, 0.3) is 0 Å². The van der Waals surface area contributed by atoms with Gasteiger partial charge >= 0.3 is 0 Å². The summed E-state index contributed by atoms with van der Waals surface area (Å²) >= 11 is 7.03. The zero-order valence-corrected chi connectivity index (χ0v) is 12.5. The zero-order valence-electron chi connectivity index (χ0n) is 10.9. The van der Waals surface area contributed by atoms with E-state index in [9.17, 15) is 4.79 Å². The number of hydrogen-bond acceptors (Lipinski definition) is 4. The van der Waals surface area contributed by atoms with Gasteiger partial charge in [0.05, 0.1) is 22.9 Å². The topological polar surface area (TPSA) is 47.6 Å². The van der Waals surface area contributed by atoms with E-state index in [1.54, 1.807) is 25.3 Å². The van der Waals surface area contributed by atoms with Crippen LogP contribution >= 0.6 is 22.9 Å². The van der Waals surface area contributed by atoms with Gasteiger partial charge in [-0.3, -0.25) is 4.79 Å². The molecular formula is C14H14ClNO3S. The molecule has 0 saturated heterocycles. The summed E-state index contributed by atoms with van der Waals surface area (Å²) in [6.45, 7) is 0.809. The van der Waals surface area contributed by atoms with Crippen molar-refractivity contribution in [2.24, 2.45) is 0 Å². The van der Waals surface area contributed by atoms with Crippen LogP contribution in [0.2, 0.25) is 4.34 Å². The van der Waals surface area contributed by atoms with E-state index < -0.39 is 0 Å². The average Bonchev–Trinajstić information content (AvgIpc) is 2.90. The lowest BCUT2D eigenvalue weighted by molar-refractivity contribution is 0.0951. The normalized spacial score (nSPS) is 10.1. The van der Waals surface area contributed by atoms with Crippen molar-refractivity contribution < 1.29 is 14.3 Å². The van der Waals surface area contributed by atoms with Gasteiger partial charge in [-0.05, 0) is 24.3 Å². The Kier molecular flexibility index (Phi) is 5.26. The van der Waals surface area contributed by atoms with Crippen molar-refractivity contribution >= 4 is 28.8 Å². The van der Waals surface area contributed by atoms with E-state index in [1.807, 2.05) is 18.2 Å². The Morgan fingerprint density at radius 2 is 2.10 bits per heavy atom. The molecule has 0 unspecified atom stereocenters. The highest BCUT2D eigenvalue weighted by atomic mass is 35.5. The molecule has 0 radical (unpaired) electrons. The fraction of sp³-hybridized carbons (Fsp3) is 0.214. The van der Waals surface area contributed by atoms with E-state index in [0.29, 0.717) is 28.1 Å². The molecule has 2 rings (SSSR count). The van der Waals surface area contributed by atoms with Crippen molar-refractivity contribution in [2.75, 3.05) is 20.3 Å². The van der Waals surface area contributed by atoms with Crippen LogP contribution in [0.4, 0.5) is 0 Å². The monoisotopic (exact) mass is 311 g/mol. The molecule has 0 atom stereocenters. The van der Waals surface area contributed by atoms with Crippen LogP contribution in [0.3, 0.4) is 0 Å². The van der Waals surface area contributed by atoms with Gasteiger partial charge in [0.25, 0.3) is 5.91 Å². The molecule has 6 heteroatoms. The van der Waals surface area contributed by atoms with Gasteiger partial charge in [-0.1, -0.05) is 17.7 Å². The number of thiophene rings is 1. The molecule has 0 spiro atoms. The quantitative estimate of drug-likeness (QED) is 0.833. The number of benzene rings is 1. The number of hydrogen-bond donors (Lipinski definition) is 1. The number of amides is 1. The first kappa shape index (κ1) is 14.7. The summed E-state index contributed by atoms with van der Waals surface area (Å²) in [5.41, 5.74) is 0. The summed E-state index contributed by atoms with van der Waals surface area (Å²) in [4.78, 5) is 12.3. The third-order valence-corrected chi connectivity index (χ3v) is 3.72. The van der Waals surface area contributed by atoms with E-state index in [0.717, 1.165) is 5.75 Å². The van der Waals surface area contributed by atoms with Crippen LogP contribution in [0.15, 0.2) is 36.4 Å². The summed E-state index contributed by atoms with van der Waals surface area (Å²) in [6.07, 6.45) is 0. The molecule has 0 saturated carbocycles. The van der Waals surface area contributed by atoms with Gasteiger partial charge in [0.2, 0.25) is 0 Å². The lowest BCUT2D eigenvalue weighted by Crippen LogP contribution is -2.27. The smallest absolute Gasteiger partial charge is 0.261 e. The van der Waals surface area contributed by atoms with Crippen LogP contribution in [0.5, 0.6) is 11.5 Å². The first-order chi connectivity index (χ1) is 9.69. The summed E-state index contributed by atoms with van der Waals surface area (Å²) in [6, 6.07) is 10.7. The molecule has 0 aliphatic carbocycles. The molecule has 1 N–H and O–H groups in total. The first-order valence-electron chi connectivity index (χ1n) is 5.99. The minimum Gasteiger partial charge on any atom is -0.497 e. The highest BCUT2D eigenvalue weighted by molar-refractivity contribution is 7.17. The van der Waals surface area contributed by atoms with Gasteiger partial charge in [-0.15, -0.1) is 11.3 Å². The molecule has 1 aromatic heterocycles. The second-order valence-corrected chi connectivity index (χ2v) is 5.60. The number of carbonyl (C=O) groups is 1. The van der Waals surface area contributed by atoms with Gasteiger partial charge in [0.1, 0.15) is 18.1 Å². The number of nitrogens with one attached hydrogen (secondary N) is 1. The number of rotatable bonds is 6. The van der Waals surface area contributed by atoms with Crippen LogP contribution in [-0.4, -0.2) is 26.2 Å². The van der Waals surface area contributed by atoms with Crippen molar-refractivity contribution in [1.29, 1.82) is 0 Å². The van der Waals surface area contributed by atoms with Crippen LogP contribution in [0, 0.1) is 0 Å². The Labute approximate surface area is 126 Å². The molecule has 0 aliphatic rings. The number of ether oxygens (including phenoxy) is 2. The summed E-state index contributed by atoms with van der Waals surface area (Å²) in [5, 5.41) is 2.77. The third-order valence-electron chi connectivity index (χ3n) is 2.49. The maximum Gasteiger partial charge on any atom is 0.261 e. The fourth-order valence-electron chi connectivity index (χ4n) is 1.55. The van der Waals surface area contributed by atoms with Crippen molar-refractivity contribution in [3.05, 3.63) is 45.6 Å². The maximum absolute atomic E-state index is 11.7. The van der Waals surface area contributed by atoms with Gasteiger partial charge < -0.3 is 14.8 Å². The van der Waals surface area contributed by atoms with Crippen LogP contribution in [-0.2, 0) is 0 Å². The van der Waals surface area contributed by atoms with E-state index in [4.69, 9.17) is 21.1 Å². The van der Waals surface area contributed by atoms with Crippen molar-refractivity contribution in [2.45, 2.75) is 0 Å². The molecule has 0 aliphatic heterocycles. The van der Waals surface area contributed by atoms with E-state index in [1.165, 1.54) is 11.3 Å². The molecule has 2 aromatic rings. The SMILES string of the molecule is COc1cccc(OCCNC(=O)c2ccc(Cl)s2)c1. The standard InChI is InChI=1S/C14H14ClNO3S/c1-18-10-3-2-4-11(9-10)19-8-7-16-14(17)12-5-6-13(15)20-12/h2-6,9H,7-8H2,1H3,(H,16,17). The summed E-state index contributed by atoms with van der Waals surface area (Å²) in [5.74, 6) is 1.30. The fourth-order valence-corrected chi connectivity index (χ4v) is 2.51. The van der Waals surface area contributed by atoms with Gasteiger partial charge in [-0.25, -0.2) is 0 Å². The molecular weight excluding hydrogens is 298 g/mol. The van der Waals surface area contributed by atoms with Crippen molar-refractivity contribution in [3.63, 3.8) is 0 Å². The third kappa shape index (κ3) is 4.15. The zero-order chi connectivity index (χ0) is 14.4. The van der Waals surface area contributed by atoms with Gasteiger partial charge in [-0.2, -0.15) is 0 Å². The minimum absolute atomic E-state index is 0.142. The van der Waals surface area contributed by atoms with E-state index in [-0.39, 0.29) is 5.91 Å².